The van der Waals surface area contributed by atoms with Crippen LogP contribution in [-0.2, 0) is 143 Å². The first-order valence-corrected chi connectivity index (χ1v) is 12.1. The van der Waals surface area contributed by atoms with E-state index in [1.165, 1.54) is 0 Å². The first kappa shape index (κ1) is 65.4. The molecule has 0 aromatic heterocycles. The molecule has 0 atom stereocenters. The summed E-state index contributed by atoms with van der Waals surface area (Å²) in [6.45, 7) is 0. The molecule has 0 spiro atoms. The molecule has 16 N–H and O–H groups in total. The minimum Gasteiger partial charge on any atom is -0.415 e. The van der Waals surface area contributed by atoms with E-state index in [0.29, 0.717) is 0 Å². The zero-order valence-corrected chi connectivity index (χ0v) is 33.0. The number of hydrogen-bond acceptors (Lipinski definition) is 16. The molecule has 0 bridgehead atoms. The molecule has 34 heavy (non-hydrogen) atoms. The van der Waals surface area contributed by atoms with E-state index in [4.69, 9.17) is 0 Å². The Labute approximate surface area is 316 Å². The molecule has 0 saturated heterocycles. The molecular formula is C8H16Mo2N8S16. The van der Waals surface area contributed by atoms with Crippen LogP contribution in [0.1, 0.15) is 0 Å². The molecule has 8 nitrogen and oxygen atoms in total. The van der Waals surface area contributed by atoms with Gasteiger partial charge in [0.15, 0.2) is 0 Å². The topological polar surface area (TPSA) is 208 Å². The quantitative estimate of drug-likeness (QED) is 0.0767. The van der Waals surface area contributed by atoms with E-state index in [9.17, 15) is 0 Å². The Morgan fingerprint density at radius 1 is 0.265 bits per heavy atom. The molecule has 0 fully saturated rings. The van der Waals surface area contributed by atoms with Gasteiger partial charge in [-0.25, -0.2) is 0 Å². The Balaban J connectivity index is -0.0000000240. The maximum absolute atomic E-state index is 4.66. The summed E-state index contributed by atoms with van der Waals surface area (Å²) in [5.41, 5.74) is 37.3. The van der Waals surface area contributed by atoms with Gasteiger partial charge in [-0.2, -0.15) is 0 Å². The van der Waals surface area contributed by atoms with Crippen molar-refractivity contribution in [3.05, 3.63) is 0 Å². The minimum absolute atomic E-state index is 0. The van der Waals surface area contributed by atoms with Crippen LogP contribution in [0.5, 0.6) is 0 Å². The molecule has 0 saturated carbocycles. The van der Waals surface area contributed by atoms with Crippen LogP contribution in [0.25, 0.3) is 0 Å². The zero-order valence-electron chi connectivity index (χ0n) is 16.0. The van der Waals surface area contributed by atoms with Gasteiger partial charge < -0.3 is 245 Å². The van der Waals surface area contributed by atoms with Crippen LogP contribution in [0.15, 0.2) is 0 Å². The largest absolute Gasteiger partial charge is 4.00 e. The average Bonchev–Trinajstić information content (AvgIpc) is 2.30. The normalized spacial score (nSPS) is 5.65. The van der Waals surface area contributed by atoms with E-state index in [1.54, 1.807) is 0 Å². The Hall–Kier alpha value is 2.26. The summed E-state index contributed by atoms with van der Waals surface area (Å²) < 4.78 is 0.667. The molecule has 26 heteroatoms. The van der Waals surface area contributed by atoms with Crippen LogP contribution in [0.2, 0.25) is 0 Å². The van der Waals surface area contributed by atoms with Crippen molar-refractivity contribution < 1.29 is 42.1 Å². The summed E-state index contributed by atoms with van der Waals surface area (Å²) >= 11 is 66.1. The summed E-state index contributed by atoms with van der Waals surface area (Å²) in [4.78, 5) is 0. The molecule has 0 aliphatic rings. The third-order valence-electron chi connectivity index (χ3n) is 0. The molecule has 0 aromatic rings. The van der Waals surface area contributed by atoms with E-state index in [1.807, 2.05) is 0 Å². The van der Waals surface area contributed by atoms with Crippen molar-refractivity contribution >= 4 is 233 Å². The summed E-state index contributed by atoms with van der Waals surface area (Å²) in [5.74, 6) is 0. The van der Waals surface area contributed by atoms with Crippen LogP contribution in [0.4, 0.5) is 0 Å². The fourth-order valence-corrected chi connectivity index (χ4v) is 0. The average molecular weight is 929 g/mol. The van der Waals surface area contributed by atoms with Gasteiger partial charge in [-0.05, 0) is 0 Å². The third-order valence-corrected chi connectivity index (χ3v) is 0. The van der Waals surface area contributed by atoms with Crippen molar-refractivity contribution in [2.45, 2.75) is 0 Å². The maximum Gasteiger partial charge on any atom is 4.00 e. The van der Waals surface area contributed by atoms with Gasteiger partial charge in [-0.1, -0.05) is 34.6 Å². The smallest absolute Gasteiger partial charge is 0.415 e. The molecule has 0 radical (unpaired) electrons. The number of hydrogen-bond donors (Lipinski definition) is 8. The summed E-state index contributed by atoms with van der Waals surface area (Å²) in [5, 5.41) is 0. The predicted molar refractivity (Wildman–Crippen MR) is 193 cm³/mol. The van der Waals surface area contributed by atoms with Crippen molar-refractivity contribution in [2.75, 3.05) is 0 Å². The second-order valence-corrected chi connectivity index (χ2v) is 11.7. The Morgan fingerprint density at radius 2 is 0.265 bits per heavy atom. The molecular weight excluding hydrogens is 913 g/mol. The van der Waals surface area contributed by atoms with Crippen LogP contribution in [-0.4, -0.2) is 34.6 Å². The van der Waals surface area contributed by atoms with Crippen molar-refractivity contribution in [1.29, 1.82) is 0 Å². The van der Waals surface area contributed by atoms with Crippen LogP contribution >= 0.6 is 97.7 Å². The maximum atomic E-state index is 4.66. The fraction of sp³-hybridized carbons (Fsp3) is 0. The van der Waals surface area contributed by atoms with Crippen LogP contribution < -0.4 is 45.9 Å². The molecule has 0 amide bonds. The van der Waals surface area contributed by atoms with E-state index in [0.717, 1.165) is 0 Å². The second-order valence-electron chi connectivity index (χ2n) is 2.55. The van der Waals surface area contributed by atoms with Gasteiger partial charge >= 0.3 is 42.1 Å². The first-order chi connectivity index (χ1) is 13.9. The summed E-state index contributed by atoms with van der Waals surface area (Å²) in [7, 11) is 0. The second kappa shape index (κ2) is 60.0. The van der Waals surface area contributed by atoms with Gasteiger partial charge in [0, 0.05) is 0 Å². The molecule has 196 valence electrons. The van der Waals surface area contributed by atoms with Gasteiger partial charge in [-0.3, -0.25) is 0 Å². The first-order valence-electron chi connectivity index (χ1n) is 5.58. The van der Waals surface area contributed by atoms with Gasteiger partial charge in [-0.15, -0.1) is 0 Å². The molecule has 0 aromatic carbocycles. The fourth-order valence-electron chi connectivity index (χ4n) is 0. The van der Waals surface area contributed by atoms with E-state index >= 15 is 0 Å². The predicted octanol–water partition coefficient (Wildman–Crippen LogP) is -1.79. The van der Waals surface area contributed by atoms with E-state index in [-0.39, 0.29) is 76.7 Å². The number of rotatable bonds is 0. The zero-order chi connectivity index (χ0) is 28.6. The van der Waals surface area contributed by atoms with Gasteiger partial charge in [0.25, 0.3) is 0 Å². The Bertz CT molecular complexity index is 387. The van der Waals surface area contributed by atoms with Crippen molar-refractivity contribution in [3.8, 4) is 0 Å². The molecule has 0 aliphatic heterocycles. The van der Waals surface area contributed by atoms with Gasteiger partial charge in [0.2, 0.25) is 0 Å². The monoisotopic (exact) mass is 932 g/mol. The van der Waals surface area contributed by atoms with Gasteiger partial charge in [0.1, 0.15) is 0 Å². The molecule has 0 unspecified atom stereocenters. The van der Waals surface area contributed by atoms with E-state index in [2.05, 4.69) is 245 Å². The van der Waals surface area contributed by atoms with E-state index < -0.39 is 0 Å². The van der Waals surface area contributed by atoms with Crippen molar-refractivity contribution in [2.24, 2.45) is 45.9 Å². The summed E-state index contributed by atoms with van der Waals surface area (Å²) in [6.07, 6.45) is 0. The van der Waals surface area contributed by atoms with Crippen LogP contribution in [0, 0.1) is 0 Å². The molecule has 0 heterocycles. The SMILES string of the molecule is NC(=S)[S-].NC(=S)[S-].NC(=S)[S-].NC(=S)[S-].NC(=S)[S-].NC(=S)[S-].NC(=S)[S-].NC(=S)[S-].[Mo+4].[Mo+4]. The minimum atomic E-state index is 0. The third kappa shape index (κ3) is 7440. The Kier molecular flexibility index (Phi) is 115. The van der Waals surface area contributed by atoms with Gasteiger partial charge in [0.05, 0.1) is 0 Å². The molecule has 0 aliphatic carbocycles. The van der Waals surface area contributed by atoms with Crippen molar-refractivity contribution in [1.82, 2.24) is 0 Å². The number of thiocarbonyl (C=S) groups is 8. The molecule has 0 rings (SSSR count). The number of nitrogens with two attached hydrogens (primary N) is 8. The standard InChI is InChI=1S/8CH3NS2.2Mo/c8*2-1(3)4;;/h8*(H3,2,3,4);;/q;;;;;;;;2*+4/p-8. The Morgan fingerprint density at radius 3 is 0.265 bits per heavy atom. The van der Waals surface area contributed by atoms with Crippen LogP contribution in [0.3, 0.4) is 0 Å². The summed E-state index contributed by atoms with van der Waals surface area (Å²) in [6, 6.07) is 0. The van der Waals surface area contributed by atoms with Crippen molar-refractivity contribution in [3.63, 3.8) is 0 Å².